The zero-order valence-electron chi connectivity index (χ0n) is 15.2. The van der Waals surface area contributed by atoms with Gasteiger partial charge in [0, 0.05) is 0 Å². The summed E-state index contributed by atoms with van der Waals surface area (Å²) in [5.74, 6) is -1.41. The molecule has 1 rings (SSSR count). The van der Waals surface area contributed by atoms with Gasteiger partial charge >= 0.3 is 11.9 Å². The molecule has 0 aromatic rings. The number of hydrogen-bond acceptors (Lipinski definition) is 6. The summed E-state index contributed by atoms with van der Waals surface area (Å²) in [7, 11) is 0. The van der Waals surface area contributed by atoms with E-state index in [-0.39, 0.29) is 11.9 Å². The fraction of sp³-hybridized carbons (Fsp3) is 0.824. The van der Waals surface area contributed by atoms with Gasteiger partial charge in [0.1, 0.15) is 11.6 Å². The smallest absolute Gasteiger partial charge is 0.336 e. The molecule has 0 heterocycles. The minimum atomic E-state index is -1.07. The fourth-order valence-electron chi connectivity index (χ4n) is 2.87. The molecule has 1 amide bonds. The van der Waals surface area contributed by atoms with Crippen LogP contribution in [0.4, 0.5) is 0 Å². The van der Waals surface area contributed by atoms with Gasteiger partial charge in [-0.1, -0.05) is 33.6 Å². The van der Waals surface area contributed by atoms with E-state index in [1.807, 2.05) is 20.8 Å². The molecule has 0 radical (unpaired) electrons. The van der Waals surface area contributed by atoms with E-state index in [1.165, 1.54) is 6.92 Å². The van der Waals surface area contributed by atoms with Gasteiger partial charge in [-0.05, 0) is 38.6 Å². The van der Waals surface area contributed by atoms with E-state index in [0.717, 1.165) is 12.8 Å². The van der Waals surface area contributed by atoms with Crippen LogP contribution >= 0.6 is 0 Å². The lowest BCUT2D eigenvalue weighted by atomic mass is 10.00. The van der Waals surface area contributed by atoms with Gasteiger partial charge in [-0.3, -0.25) is 4.79 Å². The van der Waals surface area contributed by atoms with Crippen molar-refractivity contribution >= 4 is 17.8 Å². The summed E-state index contributed by atoms with van der Waals surface area (Å²) in [6.45, 7) is 8.12. The normalized spacial score (nSPS) is 18.9. The molecule has 138 valence electrons. The van der Waals surface area contributed by atoms with Crippen LogP contribution in [0.1, 0.15) is 59.8 Å². The minimum absolute atomic E-state index is 0.272. The number of amides is 1. The Morgan fingerprint density at radius 3 is 2.25 bits per heavy atom. The second kappa shape index (κ2) is 9.13. The molecule has 0 spiro atoms. The SMILES string of the molecule is CCN[C@@H](CC(C)C)C(=O)N[C@@H](C)C(=O)OC(=O)C1(N)CCCC1. The third-order valence-corrected chi connectivity index (χ3v) is 4.28. The molecule has 1 fully saturated rings. The maximum absolute atomic E-state index is 12.3. The van der Waals surface area contributed by atoms with Gasteiger partial charge < -0.3 is 21.1 Å². The first kappa shape index (κ1) is 20.6. The van der Waals surface area contributed by atoms with Crippen molar-refractivity contribution in [1.29, 1.82) is 0 Å². The highest BCUT2D eigenvalue weighted by molar-refractivity contribution is 5.95. The molecule has 0 bridgehead atoms. The maximum Gasteiger partial charge on any atom is 0.336 e. The molecular weight excluding hydrogens is 310 g/mol. The van der Waals surface area contributed by atoms with Crippen LogP contribution in [0, 0.1) is 5.92 Å². The second-order valence-corrected chi connectivity index (χ2v) is 7.04. The molecule has 2 atom stereocenters. The third kappa shape index (κ3) is 5.87. The standard InChI is InChI=1S/C17H31N3O4/c1-5-19-13(10-11(2)3)14(21)20-12(4)15(22)24-16(23)17(18)8-6-7-9-17/h11-13,19H,5-10,18H2,1-4H3,(H,20,21)/t12-,13-/m0/s1. The zero-order valence-corrected chi connectivity index (χ0v) is 15.2. The largest absolute Gasteiger partial charge is 0.390 e. The molecule has 0 saturated heterocycles. The number of carbonyl (C=O) groups is 3. The number of nitrogens with two attached hydrogens (primary N) is 1. The molecule has 4 N–H and O–H groups in total. The van der Waals surface area contributed by atoms with Gasteiger partial charge in [0.2, 0.25) is 5.91 Å². The Morgan fingerprint density at radius 2 is 1.75 bits per heavy atom. The van der Waals surface area contributed by atoms with E-state index in [4.69, 9.17) is 10.5 Å². The summed E-state index contributed by atoms with van der Waals surface area (Å²) < 4.78 is 4.88. The predicted molar refractivity (Wildman–Crippen MR) is 91.0 cm³/mol. The van der Waals surface area contributed by atoms with Gasteiger partial charge in [0.05, 0.1) is 6.04 Å². The summed E-state index contributed by atoms with van der Waals surface area (Å²) in [6, 6.07) is -1.28. The van der Waals surface area contributed by atoms with E-state index < -0.39 is 23.5 Å². The number of ether oxygens (including phenoxy) is 1. The average Bonchev–Trinajstić information content (AvgIpc) is 2.94. The summed E-state index contributed by atoms with van der Waals surface area (Å²) in [4.78, 5) is 36.4. The first-order valence-electron chi connectivity index (χ1n) is 8.78. The molecule has 0 aliphatic heterocycles. The van der Waals surface area contributed by atoms with Gasteiger partial charge in [0.25, 0.3) is 0 Å². The van der Waals surface area contributed by atoms with Crippen molar-refractivity contribution in [2.45, 2.75) is 77.4 Å². The Kier molecular flexibility index (Phi) is 7.83. The van der Waals surface area contributed by atoms with Crippen molar-refractivity contribution in [3.63, 3.8) is 0 Å². The van der Waals surface area contributed by atoms with Crippen LogP contribution < -0.4 is 16.4 Å². The van der Waals surface area contributed by atoms with E-state index in [0.29, 0.717) is 31.7 Å². The number of carbonyl (C=O) groups excluding carboxylic acids is 3. The summed E-state index contributed by atoms with van der Waals surface area (Å²) >= 11 is 0. The van der Waals surface area contributed by atoms with Crippen molar-refractivity contribution in [2.24, 2.45) is 11.7 Å². The monoisotopic (exact) mass is 341 g/mol. The maximum atomic E-state index is 12.3. The molecule has 0 aromatic carbocycles. The highest BCUT2D eigenvalue weighted by atomic mass is 16.6. The third-order valence-electron chi connectivity index (χ3n) is 4.28. The van der Waals surface area contributed by atoms with Gasteiger partial charge in [0.15, 0.2) is 0 Å². The number of likely N-dealkylation sites (N-methyl/N-ethyl adjacent to an activating group) is 1. The van der Waals surface area contributed by atoms with Crippen LogP contribution in [0.25, 0.3) is 0 Å². The Morgan fingerprint density at radius 1 is 1.17 bits per heavy atom. The minimum Gasteiger partial charge on any atom is -0.390 e. The van der Waals surface area contributed by atoms with Crippen LogP contribution in [-0.4, -0.2) is 42.0 Å². The lowest BCUT2D eigenvalue weighted by Crippen LogP contribution is -2.52. The Bertz CT molecular complexity index is 459. The van der Waals surface area contributed by atoms with Crippen molar-refractivity contribution in [3.05, 3.63) is 0 Å². The lowest BCUT2D eigenvalue weighted by Gasteiger charge is -2.23. The first-order valence-corrected chi connectivity index (χ1v) is 8.78. The molecule has 7 heteroatoms. The summed E-state index contributed by atoms with van der Waals surface area (Å²) in [5, 5.41) is 5.71. The van der Waals surface area contributed by atoms with Crippen LogP contribution in [0.2, 0.25) is 0 Å². The van der Waals surface area contributed by atoms with E-state index >= 15 is 0 Å². The number of nitrogens with one attached hydrogen (secondary N) is 2. The summed E-state index contributed by atoms with van der Waals surface area (Å²) in [5.41, 5.74) is 4.90. The Labute approximate surface area is 144 Å². The van der Waals surface area contributed by atoms with Crippen molar-refractivity contribution in [2.75, 3.05) is 6.54 Å². The average molecular weight is 341 g/mol. The van der Waals surface area contributed by atoms with E-state index in [9.17, 15) is 14.4 Å². The predicted octanol–water partition coefficient (Wildman–Crippen LogP) is 0.857. The number of esters is 2. The van der Waals surface area contributed by atoms with Gasteiger partial charge in [-0.25, -0.2) is 9.59 Å². The summed E-state index contributed by atoms with van der Waals surface area (Å²) in [6.07, 6.45) is 3.41. The van der Waals surface area contributed by atoms with Crippen LogP contribution in [0.5, 0.6) is 0 Å². The Balaban J connectivity index is 2.55. The van der Waals surface area contributed by atoms with Crippen LogP contribution in [-0.2, 0) is 19.1 Å². The zero-order chi connectivity index (χ0) is 18.3. The highest BCUT2D eigenvalue weighted by Crippen LogP contribution is 2.28. The molecule has 7 nitrogen and oxygen atoms in total. The molecule has 0 unspecified atom stereocenters. The topological polar surface area (TPSA) is 111 Å². The highest BCUT2D eigenvalue weighted by Gasteiger charge is 2.40. The van der Waals surface area contributed by atoms with Gasteiger partial charge in [-0.15, -0.1) is 0 Å². The number of hydrogen-bond donors (Lipinski definition) is 3. The Hall–Kier alpha value is -1.47. The van der Waals surface area contributed by atoms with E-state index in [2.05, 4.69) is 10.6 Å². The molecular formula is C17H31N3O4. The second-order valence-electron chi connectivity index (χ2n) is 7.04. The molecule has 1 saturated carbocycles. The van der Waals surface area contributed by atoms with Crippen molar-refractivity contribution in [3.8, 4) is 0 Å². The molecule has 1 aliphatic carbocycles. The number of rotatable bonds is 8. The lowest BCUT2D eigenvalue weighted by molar-refractivity contribution is -0.165. The fourth-order valence-corrected chi connectivity index (χ4v) is 2.87. The first-order chi connectivity index (χ1) is 11.2. The molecule has 0 aromatic heterocycles. The molecule has 24 heavy (non-hydrogen) atoms. The van der Waals surface area contributed by atoms with Crippen molar-refractivity contribution < 1.29 is 19.1 Å². The molecule has 1 aliphatic rings. The van der Waals surface area contributed by atoms with Crippen molar-refractivity contribution in [1.82, 2.24) is 10.6 Å². The van der Waals surface area contributed by atoms with Crippen LogP contribution in [0.15, 0.2) is 0 Å². The quantitative estimate of drug-likeness (QED) is 0.446. The van der Waals surface area contributed by atoms with Crippen LogP contribution in [0.3, 0.4) is 0 Å². The van der Waals surface area contributed by atoms with Gasteiger partial charge in [-0.2, -0.15) is 0 Å². The van der Waals surface area contributed by atoms with E-state index in [1.54, 1.807) is 0 Å².